The van der Waals surface area contributed by atoms with Crippen molar-refractivity contribution in [3.63, 3.8) is 0 Å². The van der Waals surface area contributed by atoms with E-state index in [0.29, 0.717) is 0 Å². The van der Waals surface area contributed by atoms with Crippen LogP contribution in [0.5, 0.6) is 0 Å². The van der Waals surface area contributed by atoms with Crippen LogP contribution in [0.1, 0.15) is 13.3 Å². The van der Waals surface area contributed by atoms with Crippen LogP contribution in [0.15, 0.2) is 11.6 Å². The highest BCUT2D eigenvalue weighted by atomic mass is 14.8. The Morgan fingerprint density at radius 1 is 1.86 bits per heavy atom. The maximum absolute atomic E-state index is 3.24. The van der Waals surface area contributed by atoms with Crippen LogP contribution in [0.3, 0.4) is 0 Å². The molecule has 0 saturated heterocycles. The van der Waals surface area contributed by atoms with Crippen molar-refractivity contribution in [3.8, 4) is 0 Å². The van der Waals surface area contributed by atoms with Crippen LogP contribution >= 0.6 is 0 Å². The van der Waals surface area contributed by atoms with Gasteiger partial charge >= 0.3 is 0 Å². The Hall–Kier alpha value is -0.300. The van der Waals surface area contributed by atoms with Gasteiger partial charge in [-0.2, -0.15) is 0 Å². The van der Waals surface area contributed by atoms with Crippen molar-refractivity contribution in [1.82, 2.24) is 5.32 Å². The van der Waals surface area contributed by atoms with Gasteiger partial charge in [0.25, 0.3) is 0 Å². The topological polar surface area (TPSA) is 12.0 Å². The second-order valence-corrected chi connectivity index (χ2v) is 1.85. The Morgan fingerprint density at radius 2 is 2.57 bits per heavy atom. The van der Waals surface area contributed by atoms with Crippen molar-refractivity contribution in [1.29, 1.82) is 0 Å². The average molecular weight is 97.2 g/mol. The summed E-state index contributed by atoms with van der Waals surface area (Å²) in [6.07, 6.45) is 3.51. The first-order valence-electron chi connectivity index (χ1n) is 2.82. The van der Waals surface area contributed by atoms with Crippen LogP contribution < -0.4 is 5.32 Å². The van der Waals surface area contributed by atoms with Gasteiger partial charge in [-0.25, -0.2) is 0 Å². The zero-order chi connectivity index (χ0) is 5.11. The Labute approximate surface area is 44.4 Å². The number of rotatable bonds is 3. The Morgan fingerprint density at radius 3 is 3.00 bits per heavy atom. The number of likely N-dealkylation sites (N-methyl/N-ethyl adjacent to an activating group) is 1. The van der Waals surface area contributed by atoms with Gasteiger partial charge in [-0.05, 0) is 13.0 Å². The molecule has 0 aromatic heterocycles. The number of nitrogens with one attached hydrogen (secondary N) is 1. The summed E-state index contributed by atoms with van der Waals surface area (Å²) < 4.78 is 0. The van der Waals surface area contributed by atoms with Gasteiger partial charge in [0.2, 0.25) is 0 Å². The van der Waals surface area contributed by atoms with Gasteiger partial charge in [-0.3, -0.25) is 0 Å². The summed E-state index contributed by atoms with van der Waals surface area (Å²) in [4.78, 5) is 0. The normalized spacial score (nSPS) is 16.4. The van der Waals surface area contributed by atoms with E-state index in [1.807, 2.05) is 0 Å². The lowest BCUT2D eigenvalue weighted by molar-refractivity contribution is 0.786. The Bertz CT molecular complexity index is 84.2. The molecule has 1 N–H and O–H groups in total. The molecule has 1 nitrogen and oxygen atoms in total. The molecule has 0 fully saturated rings. The largest absolute Gasteiger partial charge is 0.313 e. The molecule has 7 heavy (non-hydrogen) atoms. The van der Waals surface area contributed by atoms with Gasteiger partial charge in [0.05, 0.1) is 0 Å². The fourth-order valence-electron chi connectivity index (χ4n) is 0.502. The van der Waals surface area contributed by atoms with E-state index in [0.717, 1.165) is 13.1 Å². The molecule has 0 saturated carbocycles. The van der Waals surface area contributed by atoms with Gasteiger partial charge in [-0.15, -0.1) is 0 Å². The lowest BCUT2D eigenvalue weighted by atomic mass is 10.5. The molecule has 0 heterocycles. The van der Waals surface area contributed by atoms with Gasteiger partial charge < -0.3 is 5.32 Å². The van der Waals surface area contributed by atoms with Crippen LogP contribution in [0.4, 0.5) is 0 Å². The second-order valence-electron chi connectivity index (χ2n) is 1.85. The van der Waals surface area contributed by atoms with E-state index >= 15 is 0 Å². The molecule has 1 aliphatic carbocycles. The third-order valence-electron chi connectivity index (χ3n) is 1.09. The molecule has 1 rings (SSSR count). The molecule has 0 amide bonds. The molecular formula is C6H11N. The van der Waals surface area contributed by atoms with Gasteiger partial charge in [0.1, 0.15) is 0 Å². The van der Waals surface area contributed by atoms with Gasteiger partial charge in [0.15, 0.2) is 0 Å². The van der Waals surface area contributed by atoms with Gasteiger partial charge in [-0.1, -0.05) is 18.6 Å². The van der Waals surface area contributed by atoms with Crippen molar-refractivity contribution in [2.75, 3.05) is 13.1 Å². The summed E-state index contributed by atoms with van der Waals surface area (Å²) in [5.74, 6) is 0. The molecule has 0 atom stereocenters. The third kappa shape index (κ3) is 1.74. The highest BCUT2D eigenvalue weighted by molar-refractivity contribution is 5.22. The molecule has 0 aliphatic heterocycles. The van der Waals surface area contributed by atoms with Crippen molar-refractivity contribution in [2.24, 2.45) is 0 Å². The van der Waals surface area contributed by atoms with E-state index < -0.39 is 0 Å². The summed E-state index contributed by atoms with van der Waals surface area (Å²) in [6.45, 7) is 4.34. The predicted octanol–water partition coefficient (Wildman–Crippen LogP) is 0.926. The van der Waals surface area contributed by atoms with E-state index in [4.69, 9.17) is 0 Å². The summed E-state index contributed by atoms with van der Waals surface area (Å²) >= 11 is 0. The van der Waals surface area contributed by atoms with Crippen LogP contribution in [-0.4, -0.2) is 13.1 Å². The summed E-state index contributed by atoms with van der Waals surface area (Å²) in [5, 5.41) is 3.24. The fraction of sp³-hybridized carbons (Fsp3) is 0.667. The average Bonchev–Trinajstić information content (AvgIpc) is 2.42. The van der Waals surface area contributed by atoms with E-state index in [-0.39, 0.29) is 0 Å². The quantitative estimate of drug-likeness (QED) is 0.516. The number of hydrogen-bond donors (Lipinski definition) is 1. The second kappa shape index (κ2) is 2.12. The predicted molar refractivity (Wildman–Crippen MR) is 31.2 cm³/mol. The maximum atomic E-state index is 3.24. The van der Waals surface area contributed by atoms with E-state index in [1.165, 1.54) is 6.42 Å². The number of hydrogen-bond acceptors (Lipinski definition) is 1. The van der Waals surface area contributed by atoms with E-state index in [2.05, 4.69) is 18.3 Å². The first kappa shape index (κ1) is 4.85. The van der Waals surface area contributed by atoms with Crippen LogP contribution in [0, 0.1) is 0 Å². The van der Waals surface area contributed by atoms with Crippen molar-refractivity contribution < 1.29 is 0 Å². The molecular weight excluding hydrogens is 86.1 g/mol. The summed E-state index contributed by atoms with van der Waals surface area (Å²) in [7, 11) is 0. The zero-order valence-electron chi connectivity index (χ0n) is 4.70. The molecule has 1 heteroatoms. The molecule has 40 valence electrons. The molecule has 0 aromatic carbocycles. The van der Waals surface area contributed by atoms with Crippen LogP contribution in [0.2, 0.25) is 0 Å². The fourth-order valence-corrected chi connectivity index (χ4v) is 0.502. The minimum Gasteiger partial charge on any atom is -0.313 e. The molecule has 0 spiro atoms. The molecule has 0 bridgehead atoms. The molecule has 1 aliphatic rings. The first-order valence-corrected chi connectivity index (χ1v) is 2.82. The van der Waals surface area contributed by atoms with Crippen molar-refractivity contribution in [2.45, 2.75) is 13.3 Å². The van der Waals surface area contributed by atoms with Crippen molar-refractivity contribution >= 4 is 0 Å². The lowest BCUT2D eigenvalue weighted by Crippen LogP contribution is -2.12. The summed E-state index contributed by atoms with van der Waals surface area (Å²) in [5.41, 5.74) is 1.57. The smallest absolute Gasteiger partial charge is 0.0167 e. The van der Waals surface area contributed by atoms with Crippen LogP contribution in [0.25, 0.3) is 0 Å². The van der Waals surface area contributed by atoms with Crippen LogP contribution in [-0.2, 0) is 0 Å². The molecule has 0 radical (unpaired) electrons. The SMILES string of the molecule is CCNCC1=CC1. The van der Waals surface area contributed by atoms with Gasteiger partial charge in [0, 0.05) is 6.54 Å². The third-order valence-corrected chi connectivity index (χ3v) is 1.09. The molecule has 0 aromatic rings. The van der Waals surface area contributed by atoms with E-state index in [1.54, 1.807) is 5.57 Å². The first-order chi connectivity index (χ1) is 3.43. The minimum atomic E-state index is 1.09. The minimum absolute atomic E-state index is 1.09. The number of allylic oxidation sites excluding steroid dienone is 1. The summed E-state index contributed by atoms with van der Waals surface area (Å²) in [6, 6.07) is 0. The highest BCUT2D eigenvalue weighted by Crippen LogP contribution is 2.15. The maximum Gasteiger partial charge on any atom is 0.0167 e. The monoisotopic (exact) mass is 97.1 g/mol. The standard InChI is InChI=1S/C6H11N/c1-2-7-5-6-3-4-6/h3,7H,2,4-5H2,1H3. The Balaban J connectivity index is 1.89. The Kier molecular flexibility index (Phi) is 1.47. The lowest BCUT2D eigenvalue weighted by Gasteiger charge is -1.91. The van der Waals surface area contributed by atoms with Crippen molar-refractivity contribution in [3.05, 3.63) is 11.6 Å². The highest BCUT2D eigenvalue weighted by Gasteiger charge is 2.03. The molecule has 0 unspecified atom stereocenters. The zero-order valence-corrected chi connectivity index (χ0v) is 4.70. The van der Waals surface area contributed by atoms with E-state index in [9.17, 15) is 0 Å².